The van der Waals surface area contributed by atoms with E-state index in [2.05, 4.69) is 4.99 Å². The van der Waals surface area contributed by atoms with Gasteiger partial charge in [-0.15, -0.1) is 0 Å². The lowest BCUT2D eigenvalue weighted by molar-refractivity contribution is -0.279. The largest absolute Gasteiger partial charge is 0.504 e. The third kappa shape index (κ3) is 3.88. The average molecular weight is 499 g/mol. The molecule has 0 radical (unpaired) electrons. The van der Waals surface area contributed by atoms with Crippen LogP contribution in [0.3, 0.4) is 0 Å². The molecule has 2 aromatic rings. The van der Waals surface area contributed by atoms with Crippen LogP contribution < -0.4 is 16.2 Å². The highest BCUT2D eigenvalue weighted by Gasteiger charge is 2.46. The highest BCUT2D eigenvalue weighted by molar-refractivity contribution is 6.29. The Hall–Kier alpha value is -3.55. The summed E-state index contributed by atoms with van der Waals surface area (Å²) in [4.78, 5) is 30.8. The van der Waals surface area contributed by atoms with Crippen LogP contribution in [-0.4, -0.2) is 81.9 Å². The zero-order chi connectivity index (χ0) is 25.7. The fourth-order valence-electron chi connectivity index (χ4n) is 4.74. The van der Waals surface area contributed by atoms with E-state index in [1.54, 1.807) is 12.1 Å². The summed E-state index contributed by atoms with van der Waals surface area (Å²) in [5, 5.41) is 42.5. The van der Waals surface area contributed by atoms with Crippen LogP contribution >= 0.6 is 0 Å². The van der Waals surface area contributed by atoms with Crippen molar-refractivity contribution in [1.29, 1.82) is 0 Å². The lowest BCUT2D eigenvalue weighted by atomic mass is 9.81. The van der Waals surface area contributed by atoms with Gasteiger partial charge >= 0.3 is 0 Å². The van der Waals surface area contributed by atoms with Crippen LogP contribution in [0.25, 0.3) is 0 Å². The first-order chi connectivity index (χ1) is 17.2. The number of ketones is 2. The van der Waals surface area contributed by atoms with E-state index < -0.39 is 54.1 Å². The van der Waals surface area contributed by atoms with Crippen LogP contribution in [0.4, 0.5) is 0 Å². The summed E-state index contributed by atoms with van der Waals surface area (Å²) in [5.41, 5.74) is 11.4. The summed E-state index contributed by atoms with van der Waals surface area (Å²) in [6.45, 7) is -0.0885. The molecule has 0 spiro atoms. The molecule has 2 bridgehead atoms. The quantitative estimate of drug-likeness (QED) is 0.178. The topological polar surface area (TPSA) is 207 Å². The van der Waals surface area contributed by atoms with Crippen LogP contribution in [0, 0.1) is 0 Å². The fourth-order valence-corrected chi connectivity index (χ4v) is 4.74. The molecule has 12 nitrogen and oxygen atoms in total. The van der Waals surface area contributed by atoms with Crippen molar-refractivity contribution in [3.05, 3.63) is 58.1 Å². The van der Waals surface area contributed by atoms with Gasteiger partial charge in [0.2, 0.25) is 6.29 Å². The molecule has 1 saturated heterocycles. The number of benzene rings is 2. The van der Waals surface area contributed by atoms with E-state index in [0.717, 1.165) is 0 Å². The smallest absolute Gasteiger partial charge is 0.229 e. The van der Waals surface area contributed by atoms with Gasteiger partial charge in [0.05, 0.1) is 18.2 Å². The van der Waals surface area contributed by atoms with Gasteiger partial charge < -0.3 is 46.1 Å². The molecule has 1 fully saturated rings. The molecule has 8 N–H and O–H groups in total. The number of phenolic OH excluding ortho intramolecular Hbond substituents is 1. The van der Waals surface area contributed by atoms with Gasteiger partial charge in [-0.25, -0.2) is 4.99 Å². The van der Waals surface area contributed by atoms with Crippen LogP contribution in [0.2, 0.25) is 0 Å². The van der Waals surface area contributed by atoms with Crippen LogP contribution in [0.15, 0.2) is 35.3 Å². The third-order valence-electron chi connectivity index (χ3n) is 6.56. The summed E-state index contributed by atoms with van der Waals surface area (Å²) in [6.07, 6.45) is -7.32. The molecule has 1 aliphatic carbocycles. The molecule has 2 aromatic carbocycles. The standard InChI is InChI=1S/C24H25N3O9/c25-24(26)27-13-5-6-34-8-14-18(30)20(32)21(33)23(35-14)36-22-11(13)7-12-15(19(22)31)17(29)10-4-2-1-3-9(10)16(12)28/h1-4,7,13-14,18,20-21,23,30-33H,5-6,8H2,(H4,25,26,27). The number of aliphatic imine (C=N–C) groups is 1. The minimum Gasteiger partial charge on any atom is -0.504 e. The van der Waals surface area contributed by atoms with Crippen molar-refractivity contribution in [2.24, 2.45) is 16.5 Å². The molecule has 6 atom stereocenters. The van der Waals surface area contributed by atoms with Gasteiger partial charge in [0.15, 0.2) is 29.0 Å². The van der Waals surface area contributed by atoms with Crippen LogP contribution in [-0.2, 0) is 9.47 Å². The summed E-state index contributed by atoms with van der Waals surface area (Å²) >= 11 is 0. The van der Waals surface area contributed by atoms with E-state index in [4.69, 9.17) is 25.7 Å². The third-order valence-corrected chi connectivity index (χ3v) is 6.56. The minimum absolute atomic E-state index is 0.0599. The molecule has 3 aliphatic rings. The Labute approximate surface area is 204 Å². The number of phenols is 1. The predicted molar refractivity (Wildman–Crippen MR) is 123 cm³/mol. The number of aliphatic hydroxyl groups is 3. The van der Waals surface area contributed by atoms with Crippen molar-refractivity contribution < 1.29 is 44.2 Å². The molecular weight excluding hydrogens is 474 g/mol. The number of nitrogens with two attached hydrogens (primary N) is 2. The maximum atomic E-state index is 13.3. The molecule has 0 amide bonds. The van der Waals surface area contributed by atoms with Crippen molar-refractivity contribution >= 4 is 17.5 Å². The number of carbonyl (C=O) groups excluding carboxylic acids is 2. The second kappa shape index (κ2) is 9.15. The maximum Gasteiger partial charge on any atom is 0.229 e. The monoisotopic (exact) mass is 499 g/mol. The zero-order valence-electron chi connectivity index (χ0n) is 18.9. The molecule has 36 heavy (non-hydrogen) atoms. The Balaban J connectivity index is 1.71. The van der Waals surface area contributed by atoms with Crippen molar-refractivity contribution in [3.8, 4) is 11.5 Å². The van der Waals surface area contributed by atoms with E-state index in [9.17, 15) is 30.0 Å². The van der Waals surface area contributed by atoms with E-state index in [1.807, 2.05) is 0 Å². The normalized spacial score (nSPS) is 29.6. The van der Waals surface area contributed by atoms with Crippen LogP contribution in [0.5, 0.6) is 11.5 Å². The Morgan fingerprint density at radius 3 is 2.36 bits per heavy atom. The zero-order valence-corrected chi connectivity index (χ0v) is 18.9. The average Bonchev–Trinajstić information content (AvgIpc) is 2.88. The lowest BCUT2D eigenvalue weighted by Crippen LogP contribution is -2.60. The van der Waals surface area contributed by atoms with Gasteiger partial charge in [0, 0.05) is 28.9 Å². The Kier molecular flexibility index (Phi) is 6.14. The molecule has 5 rings (SSSR count). The van der Waals surface area contributed by atoms with E-state index in [0.29, 0.717) is 0 Å². The molecule has 2 heterocycles. The number of ether oxygens (including phenoxy) is 3. The highest BCUT2D eigenvalue weighted by Crippen LogP contribution is 2.46. The molecule has 12 heteroatoms. The van der Waals surface area contributed by atoms with Crippen molar-refractivity contribution in [1.82, 2.24) is 0 Å². The minimum atomic E-state index is -1.72. The maximum absolute atomic E-state index is 13.3. The van der Waals surface area contributed by atoms with E-state index >= 15 is 0 Å². The first-order valence-corrected chi connectivity index (χ1v) is 11.3. The first kappa shape index (κ1) is 24.2. The molecule has 0 aromatic heterocycles. The number of hydrogen-bond donors (Lipinski definition) is 6. The van der Waals surface area contributed by atoms with Gasteiger partial charge in [0.1, 0.15) is 24.4 Å². The number of hydrogen-bond acceptors (Lipinski definition) is 10. The molecule has 190 valence electrons. The number of nitrogens with zero attached hydrogens (tertiary/aromatic N) is 1. The highest BCUT2D eigenvalue weighted by atomic mass is 16.7. The fraction of sp³-hybridized carbons (Fsp3) is 0.375. The lowest BCUT2D eigenvalue weighted by Gasteiger charge is -2.40. The molecule has 2 aliphatic heterocycles. The van der Waals surface area contributed by atoms with Crippen molar-refractivity contribution in [2.45, 2.75) is 43.2 Å². The number of rotatable bonds is 1. The second-order valence-corrected chi connectivity index (χ2v) is 8.84. The number of carbonyl (C=O) groups is 2. The van der Waals surface area contributed by atoms with Gasteiger partial charge in [-0.1, -0.05) is 24.3 Å². The van der Waals surface area contributed by atoms with E-state index in [1.165, 1.54) is 18.2 Å². The molecule has 6 unspecified atom stereocenters. The van der Waals surface area contributed by atoms with Crippen molar-refractivity contribution in [3.63, 3.8) is 0 Å². The number of fused-ring (bicyclic) bond motifs is 5. The first-order valence-electron chi connectivity index (χ1n) is 11.3. The summed E-state index contributed by atoms with van der Waals surface area (Å²) in [6, 6.07) is 6.70. The van der Waals surface area contributed by atoms with Gasteiger partial charge in [-0.2, -0.15) is 0 Å². The SMILES string of the molecule is NC(N)=NC1CCOCC2OC(Oc3c1cc1c(c3O)C(=O)c3ccccc3C1=O)C(O)C(O)C2O. The molecule has 0 saturated carbocycles. The summed E-state index contributed by atoms with van der Waals surface area (Å²) in [7, 11) is 0. The van der Waals surface area contributed by atoms with Gasteiger partial charge in [-0.3, -0.25) is 9.59 Å². The summed E-state index contributed by atoms with van der Waals surface area (Å²) in [5.74, 6) is -2.35. The van der Waals surface area contributed by atoms with Crippen molar-refractivity contribution in [2.75, 3.05) is 13.2 Å². The Morgan fingerprint density at radius 1 is 0.972 bits per heavy atom. The van der Waals surface area contributed by atoms with Gasteiger partial charge in [0.25, 0.3) is 0 Å². The number of aliphatic hydroxyl groups excluding tert-OH is 3. The molecular formula is C24H25N3O9. The number of aromatic hydroxyl groups is 1. The van der Waals surface area contributed by atoms with Crippen LogP contribution in [0.1, 0.15) is 49.9 Å². The predicted octanol–water partition coefficient (Wildman–Crippen LogP) is -0.911. The number of guanidine groups is 1. The van der Waals surface area contributed by atoms with E-state index in [-0.39, 0.29) is 59.2 Å². The van der Waals surface area contributed by atoms with Gasteiger partial charge in [-0.05, 0) is 12.5 Å². The Morgan fingerprint density at radius 2 is 1.67 bits per heavy atom. The summed E-state index contributed by atoms with van der Waals surface area (Å²) < 4.78 is 17.1. The second-order valence-electron chi connectivity index (χ2n) is 8.84. The Bertz CT molecular complexity index is 1260.